The van der Waals surface area contributed by atoms with E-state index in [0.717, 1.165) is 25.7 Å². The Kier molecular flexibility index (Phi) is 9.34. The Bertz CT molecular complexity index is 1460. The molecule has 0 bridgehead atoms. The van der Waals surface area contributed by atoms with Crippen LogP contribution in [0.15, 0.2) is 18.2 Å². The van der Waals surface area contributed by atoms with Crippen LogP contribution in [0, 0.1) is 23.6 Å². The molecule has 2 aliphatic carbocycles. The average molecular weight is 671 g/mol. The number of ether oxygens (including phenoxy) is 3. The molecule has 0 aromatic heterocycles. The number of nitrogens with zero attached hydrogens (tertiary/aromatic N) is 2. The number of fused-ring (bicyclic) bond motifs is 5. The Morgan fingerprint density at radius 3 is 2.58 bits per heavy atom. The topological polar surface area (TPSA) is 144 Å². The Morgan fingerprint density at radius 1 is 1.08 bits per heavy atom. The lowest BCUT2D eigenvalue weighted by Crippen LogP contribution is -2.57. The van der Waals surface area contributed by atoms with Gasteiger partial charge in [0.25, 0.3) is 0 Å². The number of esters is 1. The van der Waals surface area contributed by atoms with Gasteiger partial charge in [-0.25, -0.2) is 18.8 Å². The van der Waals surface area contributed by atoms with Crippen LogP contribution >= 0.6 is 0 Å². The zero-order valence-electron chi connectivity index (χ0n) is 28.2. The predicted octanol–water partition coefficient (Wildman–Crippen LogP) is 4.18. The highest BCUT2D eigenvalue weighted by atomic mass is 19.1. The molecule has 3 aliphatic heterocycles. The maximum absolute atomic E-state index is 14.4. The van der Waals surface area contributed by atoms with E-state index in [2.05, 4.69) is 10.6 Å². The van der Waals surface area contributed by atoms with E-state index in [1.807, 2.05) is 0 Å². The number of carbonyl (C=O) groups is 5. The van der Waals surface area contributed by atoms with Gasteiger partial charge in [-0.15, -0.1) is 0 Å². The number of nitrogens with one attached hydrogen (secondary N) is 2. The van der Waals surface area contributed by atoms with Gasteiger partial charge in [0.1, 0.15) is 35.1 Å². The molecule has 12 nitrogen and oxygen atoms in total. The third-order valence-corrected chi connectivity index (χ3v) is 10.4. The summed E-state index contributed by atoms with van der Waals surface area (Å²) in [4.78, 5) is 70.6. The molecule has 6 rings (SSSR count). The molecule has 2 saturated carbocycles. The molecule has 262 valence electrons. The van der Waals surface area contributed by atoms with Crippen molar-refractivity contribution in [3.8, 4) is 0 Å². The fourth-order valence-electron chi connectivity index (χ4n) is 7.83. The van der Waals surface area contributed by atoms with Crippen LogP contribution in [-0.2, 0) is 41.7 Å². The lowest BCUT2D eigenvalue weighted by Gasteiger charge is -2.30. The second kappa shape index (κ2) is 13.2. The van der Waals surface area contributed by atoms with Gasteiger partial charge in [0, 0.05) is 18.5 Å². The Morgan fingerprint density at radius 2 is 1.85 bits per heavy atom. The van der Waals surface area contributed by atoms with Gasteiger partial charge >= 0.3 is 18.2 Å². The van der Waals surface area contributed by atoms with Crippen LogP contribution in [0.5, 0.6) is 0 Å². The van der Waals surface area contributed by atoms with Crippen molar-refractivity contribution >= 4 is 30.0 Å². The molecule has 5 aliphatic rings. The molecule has 2 saturated heterocycles. The minimum atomic E-state index is -1.16. The number of hydrogen-bond donors (Lipinski definition) is 2. The Hall–Kier alpha value is -3.90. The van der Waals surface area contributed by atoms with Gasteiger partial charge in [0.05, 0.1) is 19.7 Å². The van der Waals surface area contributed by atoms with Gasteiger partial charge in [-0.1, -0.05) is 37.8 Å². The van der Waals surface area contributed by atoms with Crippen LogP contribution in [0.3, 0.4) is 0 Å². The van der Waals surface area contributed by atoms with Crippen LogP contribution in [0.2, 0.25) is 0 Å². The summed E-state index contributed by atoms with van der Waals surface area (Å²) in [5, 5.41) is 5.72. The van der Waals surface area contributed by atoms with Crippen molar-refractivity contribution in [1.82, 2.24) is 20.4 Å². The first-order chi connectivity index (χ1) is 22.8. The van der Waals surface area contributed by atoms with E-state index >= 15 is 0 Å². The molecular formula is C35H47FN4O8. The third-order valence-electron chi connectivity index (χ3n) is 10.4. The lowest BCUT2D eigenvalue weighted by atomic mass is 10.0. The first-order valence-electron chi connectivity index (χ1n) is 17.3. The van der Waals surface area contributed by atoms with E-state index in [9.17, 15) is 28.4 Å². The van der Waals surface area contributed by atoms with Crippen LogP contribution in [0.25, 0.3) is 0 Å². The van der Waals surface area contributed by atoms with Gasteiger partial charge < -0.3 is 29.7 Å². The first kappa shape index (κ1) is 34.0. The van der Waals surface area contributed by atoms with Gasteiger partial charge in [-0.3, -0.25) is 14.5 Å². The summed E-state index contributed by atoms with van der Waals surface area (Å²) in [7, 11) is 0. The second-order valence-electron chi connectivity index (χ2n) is 15.0. The standard InChI is InChI=1S/C35H47FN4O8/c1-5-46-31(43)35-16-25(35)23-14-20(23)10-7-6-8-13-27(37-32(44)48-34(2,3)4)30(42)40-18-22(15-28(40)29(41)38-35)47-33(45)39-17-21-11-9-12-26(36)24(21)19-39/h9,11-12,20,22-23,25,27-28H,5-8,10,13-19H2,1-4H3,(H,37,44)(H,38,41)/t20-,22+,23+,25?,27-,28-,35+/m0/s1. The fourth-order valence-corrected chi connectivity index (χ4v) is 7.83. The summed E-state index contributed by atoms with van der Waals surface area (Å²) < 4.78 is 31.1. The summed E-state index contributed by atoms with van der Waals surface area (Å²) in [5.41, 5.74) is -0.822. The van der Waals surface area contributed by atoms with Crippen LogP contribution in [0.1, 0.15) is 90.2 Å². The minimum Gasteiger partial charge on any atom is -0.464 e. The van der Waals surface area contributed by atoms with Crippen molar-refractivity contribution in [2.75, 3.05) is 13.2 Å². The normalized spacial score (nSPS) is 31.5. The molecule has 4 amide bonds. The van der Waals surface area contributed by atoms with E-state index in [1.165, 1.54) is 15.9 Å². The summed E-state index contributed by atoms with van der Waals surface area (Å²) in [6.45, 7) is 7.22. The van der Waals surface area contributed by atoms with E-state index < -0.39 is 65.1 Å². The average Bonchev–Trinajstić information content (AvgIpc) is 3.82. The van der Waals surface area contributed by atoms with Gasteiger partial charge in [0.2, 0.25) is 11.8 Å². The van der Waals surface area contributed by atoms with Gasteiger partial charge in [0.15, 0.2) is 0 Å². The third kappa shape index (κ3) is 7.10. The Labute approximate surface area is 280 Å². The fraction of sp³-hybridized carbons (Fsp3) is 0.686. The lowest BCUT2D eigenvalue weighted by molar-refractivity contribution is -0.150. The van der Waals surface area contributed by atoms with Crippen LogP contribution in [0.4, 0.5) is 14.0 Å². The first-order valence-corrected chi connectivity index (χ1v) is 17.3. The minimum absolute atomic E-state index is 0.00670. The summed E-state index contributed by atoms with van der Waals surface area (Å²) in [6, 6.07) is 2.64. The number of halogens is 1. The number of benzene rings is 1. The molecule has 1 unspecified atom stereocenters. The zero-order chi connectivity index (χ0) is 34.4. The van der Waals surface area contributed by atoms with E-state index in [0.29, 0.717) is 42.2 Å². The molecule has 0 radical (unpaired) electrons. The second-order valence-corrected chi connectivity index (χ2v) is 15.0. The maximum atomic E-state index is 14.4. The number of hydrogen-bond acceptors (Lipinski definition) is 8. The van der Waals surface area contributed by atoms with Gasteiger partial charge in [-0.05, 0) is 76.3 Å². The summed E-state index contributed by atoms with van der Waals surface area (Å²) in [6.07, 6.45) is 3.02. The van der Waals surface area contributed by atoms with Crippen molar-refractivity contribution in [2.45, 2.75) is 121 Å². The molecule has 7 atom stereocenters. The van der Waals surface area contributed by atoms with E-state index in [1.54, 1.807) is 39.8 Å². The maximum Gasteiger partial charge on any atom is 0.410 e. The number of alkyl carbamates (subject to hydrolysis) is 1. The molecule has 2 N–H and O–H groups in total. The zero-order valence-corrected chi connectivity index (χ0v) is 28.2. The molecule has 4 fully saturated rings. The Balaban J connectivity index is 1.24. The quantitative estimate of drug-likeness (QED) is 0.359. The molecule has 1 aromatic rings. The summed E-state index contributed by atoms with van der Waals surface area (Å²) in [5.74, 6) is -1.13. The highest BCUT2D eigenvalue weighted by Crippen LogP contribution is 2.62. The van der Waals surface area contributed by atoms with Crippen molar-refractivity contribution in [3.05, 3.63) is 35.1 Å². The predicted molar refractivity (Wildman–Crippen MR) is 169 cm³/mol. The highest BCUT2D eigenvalue weighted by molar-refractivity contribution is 5.96. The molecular weight excluding hydrogens is 623 g/mol. The van der Waals surface area contributed by atoms with E-state index in [-0.39, 0.29) is 38.6 Å². The molecule has 3 heterocycles. The van der Waals surface area contributed by atoms with Crippen LogP contribution < -0.4 is 10.6 Å². The SMILES string of the molecule is CCOC(=O)[C@@]12CC1[C@@H]1C[C@@H]1CCCCC[C@H](NC(=O)OC(C)(C)C)C(=O)N1C[C@H](OC(=O)N3Cc4cccc(F)c4C3)C[C@H]1C(=O)N2. The van der Waals surface area contributed by atoms with Crippen molar-refractivity contribution in [1.29, 1.82) is 0 Å². The van der Waals surface area contributed by atoms with Crippen molar-refractivity contribution in [3.63, 3.8) is 0 Å². The van der Waals surface area contributed by atoms with Crippen LogP contribution in [-0.4, -0.2) is 82.2 Å². The number of rotatable bonds is 4. The van der Waals surface area contributed by atoms with Crippen molar-refractivity contribution < 1.29 is 42.6 Å². The van der Waals surface area contributed by atoms with E-state index in [4.69, 9.17) is 14.2 Å². The number of carbonyl (C=O) groups excluding carboxylic acids is 5. The van der Waals surface area contributed by atoms with Gasteiger partial charge in [-0.2, -0.15) is 0 Å². The highest BCUT2D eigenvalue weighted by Gasteiger charge is 2.69. The number of amides is 4. The molecule has 48 heavy (non-hydrogen) atoms. The molecule has 1 aromatic carbocycles. The van der Waals surface area contributed by atoms with Crippen molar-refractivity contribution in [2.24, 2.45) is 17.8 Å². The summed E-state index contributed by atoms with van der Waals surface area (Å²) >= 11 is 0. The largest absolute Gasteiger partial charge is 0.464 e. The molecule has 0 spiro atoms. The molecule has 13 heteroatoms. The smallest absolute Gasteiger partial charge is 0.410 e. The monoisotopic (exact) mass is 670 g/mol.